The summed E-state index contributed by atoms with van der Waals surface area (Å²) in [6.07, 6.45) is 8.24. The number of unbranched alkanes of at least 4 members (excludes halogenated alkanes) is 2. The molecule has 1 fully saturated rings. The maximum absolute atomic E-state index is 3.35. The summed E-state index contributed by atoms with van der Waals surface area (Å²) in [6, 6.07) is 0. The van der Waals surface area contributed by atoms with Gasteiger partial charge in [0.25, 0.3) is 0 Å². The molecule has 1 nitrogen and oxygen atoms in total. The fraction of sp³-hybridized carbons (Fsp3) is 1.00. The van der Waals surface area contributed by atoms with Crippen LogP contribution < -0.4 is 5.32 Å². The van der Waals surface area contributed by atoms with Gasteiger partial charge in [-0.3, -0.25) is 0 Å². The summed E-state index contributed by atoms with van der Waals surface area (Å²) in [7, 11) is 0. The van der Waals surface area contributed by atoms with Crippen LogP contribution in [0, 0.1) is 0 Å². The number of hydrogen-bond donors (Lipinski definition) is 1. The summed E-state index contributed by atoms with van der Waals surface area (Å²) < 4.78 is 0. The van der Waals surface area contributed by atoms with Crippen LogP contribution in [0.25, 0.3) is 0 Å². The number of nitrogens with one attached hydrogen (secondary N) is 1. The van der Waals surface area contributed by atoms with E-state index in [1.807, 2.05) is 0 Å². The van der Waals surface area contributed by atoms with E-state index in [0.717, 1.165) is 0 Å². The molecule has 0 aromatic carbocycles. The zero-order valence-electron chi connectivity index (χ0n) is 8.24. The summed E-state index contributed by atoms with van der Waals surface area (Å²) in [5.74, 6) is 0. The average molecular weight is 268 g/mol. The minimum Gasteiger partial charge on any atom is -0.317 e. The first-order valence-electron chi connectivity index (χ1n) is 5.18. The zero-order chi connectivity index (χ0) is 9.07. The van der Waals surface area contributed by atoms with Crippen molar-refractivity contribution in [2.75, 3.05) is 18.4 Å². The molecule has 0 saturated carbocycles. The van der Waals surface area contributed by atoms with E-state index in [-0.39, 0.29) is 11.0 Å². The first-order chi connectivity index (χ1) is 5.91. The largest absolute Gasteiger partial charge is 0.317 e. The van der Waals surface area contributed by atoms with Gasteiger partial charge in [-0.25, -0.2) is 0 Å². The molecule has 1 aliphatic heterocycles. The van der Waals surface area contributed by atoms with Crippen molar-refractivity contribution >= 4 is 26.9 Å². The molecule has 13 heavy (non-hydrogen) atoms. The lowest BCUT2D eigenvalue weighted by atomic mass is 10.2. The Morgan fingerprint density at radius 3 is 1.85 bits per heavy atom. The van der Waals surface area contributed by atoms with Gasteiger partial charge >= 0.3 is 0 Å². The lowest BCUT2D eigenvalue weighted by Crippen LogP contribution is -2.21. The standard InChI is InChI=1S/C5H11Br.C5H11N.H4Si/c1-2-3-4-5-6;1-2-4-6-5-3-1;/h2-5H2,1H3;6H,1-5H2;1H4. The van der Waals surface area contributed by atoms with Gasteiger partial charge in [0.2, 0.25) is 0 Å². The van der Waals surface area contributed by atoms with Gasteiger partial charge in [0.15, 0.2) is 0 Å². The van der Waals surface area contributed by atoms with Gasteiger partial charge in [0.1, 0.15) is 0 Å². The number of halogens is 1. The highest BCUT2D eigenvalue weighted by Crippen LogP contribution is 1.96. The van der Waals surface area contributed by atoms with Crippen LogP contribution in [-0.4, -0.2) is 29.4 Å². The fourth-order valence-electron chi connectivity index (χ4n) is 1.15. The predicted octanol–water partition coefficient (Wildman–Crippen LogP) is 1.88. The summed E-state index contributed by atoms with van der Waals surface area (Å²) >= 11 is 3.35. The van der Waals surface area contributed by atoms with Gasteiger partial charge in [0.05, 0.1) is 0 Å². The van der Waals surface area contributed by atoms with Crippen LogP contribution in [-0.2, 0) is 0 Å². The van der Waals surface area contributed by atoms with Crippen LogP contribution in [0.4, 0.5) is 0 Å². The van der Waals surface area contributed by atoms with E-state index in [1.165, 1.54) is 56.9 Å². The highest BCUT2D eigenvalue weighted by Gasteiger charge is 1.93. The average Bonchev–Trinajstić information content (AvgIpc) is 2.18. The highest BCUT2D eigenvalue weighted by molar-refractivity contribution is 9.09. The van der Waals surface area contributed by atoms with E-state index in [9.17, 15) is 0 Å². The Bertz CT molecular complexity index is 61.8. The predicted molar refractivity (Wildman–Crippen MR) is 71.4 cm³/mol. The lowest BCUT2D eigenvalue weighted by molar-refractivity contribution is 0.520. The van der Waals surface area contributed by atoms with E-state index in [0.29, 0.717) is 0 Å². The summed E-state index contributed by atoms with van der Waals surface area (Å²) in [5, 5.41) is 4.45. The summed E-state index contributed by atoms with van der Waals surface area (Å²) in [5.41, 5.74) is 0. The van der Waals surface area contributed by atoms with Crippen LogP contribution in [0.5, 0.6) is 0 Å². The lowest BCUT2D eigenvalue weighted by Gasteiger charge is -2.08. The normalized spacial score (nSPS) is 15.2. The van der Waals surface area contributed by atoms with Gasteiger partial charge in [-0.1, -0.05) is 42.1 Å². The van der Waals surface area contributed by atoms with Crippen molar-refractivity contribution in [3.05, 3.63) is 0 Å². The molecule has 0 aromatic heterocycles. The maximum Gasteiger partial charge on any atom is 0.00313 e. The molecule has 0 bridgehead atoms. The highest BCUT2D eigenvalue weighted by atomic mass is 79.9. The number of alkyl halides is 1. The van der Waals surface area contributed by atoms with Crippen molar-refractivity contribution in [3.8, 4) is 0 Å². The van der Waals surface area contributed by atoms with Crippen LogP contribution in [0.1, 0.15) is 45.4 Å². The monoisotopic (exact) mass is 267 g/mol. The molecule has 0 aromatic rings. The first kappa shape index (κ1) is 16.1. The second-order valence-corrected chi connectivity index (χ2v) is 4.00. The first-order valence-corrected chi connectivity index (χ1v) is 6.30. The van der Waals surface area contributed by atoms with Crippen LogP contribution in [0.2, 0.25) is 0 Å². The summed E-state index contributed by atoms with van der Waals surface area (Å²) in [6.45, 7) is 4.71. The molecule has 3 heteroatoms. The van der Waals surface area contributed by atoms with Crippen molar-refractivity contribution in [2.24, 2.45) is 0 Å². The zero-order valence-corrected chi connectivity index (χ0v) is 9.83. The maximum atomic E-state index is 3.35. The molecule has 0 radical (unpaired) electrons. The molecule has 1 rings (SSSR count). The molecule has 82 valence electrons. The number of rotatable bonds is 3. The van der Waals surface area contributed by atoms with E-state index in [1.54, 1.807) is 0 Å². The minimum absolute atomic E-state index is 0. The smallest absolute Gasteiger partial charge is 0.00313 e. The molecule has 0 aliphatic carbocycles. The van der Waals surface area contributed by atoms with E-state index >= 15 is 0 Å². The third kappa shape index (κ3) is 15.4. The molecule has 0 spiro atoms. The molecule has 1 saturated heterocycles. The van der Waals surface area contributed by atoms with Gasteiger partial charge < -0.3 is 5.32 Å². The Kier molecular flexibility index (Phi) is 18.8. The Labute approximate surface area is 96.2 Å². The fourth-order valence-corrected chi connectivity index (χ4v) is 1.54. The third-order valence-corrected chi connectivity index (χ3v) is 2.51. The van der Waals surface area contributed by atoms with Crippen LogP contribution in [0.3, 0.4) is 0 Å². The van der Waals surface area contributed by atoms with E-state index in [4.69, 9.17) is 0 Å². The minimum atomic E-state index is 0. The molecular formula is C10H26BrNSi. The third-order valence-electron chi connectivity index (χ3n) is 1.94. The molecule has 1 heterocycles. The van der Waals surface area contributed by atoms with Gasteiger partial charge in [0, 0.05) is 5.33 Å². The molecule has 0 amide bonds. The molecule has 1 aliphatic rings. The molecule has 1 N–H and O–H groups in total. The van der Waals surface area contributed by atoms with Crippen molar-refractivity contribution in [1.29, 1.82) is 0 Å². The Hall–Kier alpha value is 0.657. The second-order valence-electron chi connectivity index (χ2n) is 3.21. The molecule has 0 unspecified atom stereocenters. The quantitative estimate of drug-likeness (QED) is 0.468. The van der Waals surface area contributed by atoms with E-state index < -0.39 is 0 Å². The Balaban J connectivity index is 0. The van der Waals surface area contributed by atoms with Crippen LogP contribution in [0.15, 0.2) is 0 Å². The SMILES string of the molecule is C1CCNCC1.CCCCCBr.[SiH4]. The van der Waals surface area contributed by atoms with E-state index in [2.05, 4.69) is 28.2 Å². The molecule has 0 atom stereocenters. The molecular weight excluding hydrogens is 242 g/mol. The topological polar surface area (TPSA) is 12.0 Å². The second kappa shape index (κ2) is 15.1. The van der Waals surface area contributed by atoms with Crippen molar-refractivity contribution < 1.29 is 0 Å². The van der Waals surface area contributed by atoms with Crippen molar-refractivity contribution in [2.45, 2.75) is 45.4 Å². The van der Waals surface area contributed by atoms with Gasteiger partial charge in [-0.2, -0.15) is 0 Å². The van der Waals surface area contributed by atoms with Gasteiger partial charge in [-0.15, -0.1) is 0 Å². The van der Waals surface area contributed by atoms with Crippen molar-refractivity contribution in [1.82, 2.24) is 5.32 Å². The number of hydrogen-bond acceptors (Lipinski definition) is 1. The summed E-state index contributed by atoms with van der Waals surface area (Å²) in [4.78, 5) is 0. The Morgan fingerprint density at radius 2 is 1.69 bits per heavy atom. The van der Waals surface area contributed by atoms with Crippen molar-refractivity contribution in [3.63, 3.8) is 0 Å². The number of piperidine rings is 1. The Morgan fingerprint density at radius 1 is 1.08 bits per heavy atom. The van der Waals surface area contributed by atoms with Crippen LogP contribution >= 0.6 is 15.9 Å². The van der Waals surface area contributed by atoms with Gasteiger partial charge in [-0.05, 0) is 43.3 Å².